The van der Waals surface area contributed by atoms with Crippen molar-refractivity contribution >= 4 is 21.9 Å². The number of aryl methyl sites for hydroxylation is 2. The molecular weight excluding hydrogens is 582 g/mol. The molecule has 238 valence electrons. The maximum Gasteiger partial charge on any atom is 0.324 e. The minimum Gasteiger partial charge on any atom is -0.493 e. The zero-order chi connectivity index (χ0) is 31.4. The van der Waals surface area contributed by atoms with Crippen LogP contribution >= 0.6 is 0 Å². The van der Waals surface area contributed by atoms with Crippen molar-refractivity contribution in [1.82, 2.24) is 4.31 Å². The van der Waals surface area contributed by atoms with Gasteiger partial charge in [-0.15, -0.1) is 0 Å². The Hall–Kier alpha value is -3.80. The number of nitrogens with two attached hydrogens (primary N) is 1. The fourth-order valence-electron chi connectivity index (χ4n) is 5.57. The standard InChI is InChI=1S/C33H43N3O7S/c1-40-30-23-27(24-31(43-34)32(30)41-2)35-44(38,39)36-22-10-9-21-29(36)33(37)42-28(19-11-17-25-13-5-3-6-14-25)20-12-18-26-15-7-4-8-16-26/h3-8,13-16,23-24,28-29,35H,9-12,17-22,34H2,1-2H3/t29-/m0/s1. The third-order valence-corrected chi connectivity index (χ3v) is 9.35. The Kier molecular flexibility index (Phi) is 12.3. The molecule has 0 spiro atoms. The molecule has 10 nitrogen and oxygen atoms in total. The highest BCUT2D eigenvalue weighted by molar-refractivity contribution is 7.90. The molecule has 11 heteroatoms. The number of rotatable bonds is 16. The third-order valence-electron chi connectivity index (χ3n) is 7.80. The maximum atomic E-state index is 13.6. The Morgan fingerprint density at radius 2 is 1.50 bits per heavy atom. The van der Waals surface area contributed by atoms with Gasteiger partial charge in [-0.1, -0.05) is 60.7 Å². The Balaban J connectivity index is 1.46. The second-order valence-corrected chi connectivity index (χ2v) is 12.5. The van der Waals surface area contributed by atoms with Crippen molar-refractivity contribution in [3.63, 3.8) is 0 Å². The summed E-state index contributed by atoms with van der Waals surface area (Å²) in [5, 5.41) is 0. The van der Waals surface area contributed by atoms with Crippen LogP contribution in [0.4, 0.5) is 5.69 Å². The lowest BCUT2D eigenvalue weighted by atomic mass is 10.0. The van der Waals surface area contributed by atoms with Gasteiger partial charge in [0.2, 0.25) is 5.75 Å². The van der Waals surface area contributed by atoms with Crippen LogP contribution in [-0.4, -0.2) is 51.6 Å². The summed E-state index contributed by atoms with van der Waals surface area (Å²) in [5.41, 5.74) is 2.62. The zero-order valence-electron chi connectivity index (χ0n) is 25.4. The number of carbonyl (C=O) groups excluding carboxylic acids is 1. The molecule has 0 amide bonds. The summed E-state index contributed by atoms with van der Waals surface area (Å²) in [6, 6.07) is 22.4. The fourth-order valence-corrected chi connectivity index (χ4v) is 7.00. The Morgan fingerprint density at radius 1 is 0.909 bits per heavy atom. The monoisotopic (exact) mass is 625 g/mol. The van der Waals surface area contributed by atoms with Crippen molar-refractivity contribution in [3.8, 4) is 17.2 Å². The molecule has 0 saturated carbocycles. The topological polar surface area (TPSA) is 129 Å². The number of nitrogens with one attached hydrogen (secondary N) is 1. The van der Waals surface area contributed by atoms with Gasteiger partial charge in [0.25, 0.3) is 0 Å². The fraction of sp³-hybridized carbons (Fsp3) is 0.424. The van der Waals surface area contributed by atoms with Gasteiger partial charge in [0.05, 0.1) is 19.9 Å². The van der Waals surface area contributed by atoms with Crippen LogP contribution in [0, 0.1) is 0 Å². The summed E-state index contributed by atoms with van der Waals surface area (Å²) in [7, 11) is -1.31. The molecule has 3 aromatic rings. The lowest BCUT2D eigenvalue weighted by molar-refractivity contribution is -0.155. The first-order chi connectivity index (χ1) is 21.3. The van der Waals surface area contributed by atoms with Crippen LogP contribution in [0.1, 0.15) is 56.1 Å². The van der Waals surface area contributed by atoms with E-state index in [-0.39, 0.29) is 35.6 Å². The first-order valence-electron chi connectivity index (χ1n) is 15.0. The van der Waals surface area contributed by atoms with E-state index in [0.717, 1.165) is 32.1 Å². The Bertz CT molecular complexity index is 1370. The summed E-state index contributed by atoms with van der Waals surface area (Å²) in [5.74, 6) is 5.42. The third kappa shape index (κ3) is 9.10. The smallest absolute Gasteiger partial charge is 0.324 e. The first kappa shape index (κ1) is 33.1. The summed E-state index contributed by atoms with van der Waals surface area (Å²) >= 11 is 0. The number of benzene rings is 3. The van der Waals surface area contributed by atoms with E-state index in [1.54, 1.807) is 0 Å². The second kappa shape index (κ2) is 16.3. The lowest BCUT2D eigenvalue weighted by Gasteiger charge is -2.34. The van der Waals surface area contributed by atoms with Crippen LogP contribution in [0.2, 0.25) is 0 Å². The molecule has 0 unspecified atom stereocenters. The van der Waals surface area contributed by atoms with E-state index in [2.05, 4.69) is 29.0 Å². The number of anilines is 1. The molecule has 1 saturated heterocycles. The normalized spacial score (nSPS) is 15.5. The average molecular weight is 626 g/mol. The maximum absolute atomic E-state index is 13.6. The van der Waals surface area contributed by atoms with Gasteiger partial charge < -0.3 is 19.0 Å². The second-order valence-electron chi connectivity index (χ2n) is 10.9. The van der Waals surface area contributed by atoms with Crippen molar-refractivity contribution in [3.05, 3.63) is 83.9 Å². The average Bonchev–Trinajstić information content (AvgIpc) is 3.05. The predicted octanol–water partition coefficient (Wildman–Crippen LogP) is 5.43. The van der Waals surface area contributed by atoms with Crippen LogP contribution in [0.3, 0.4) is 0 Å². The Morgan fingerprint density at radius 3 is 2.05 bits per heavy atom. The van der Waals surface area contributed by atoms with Gasteiger partial charge >= 0.3 is 16.2 Å². The number of methoxy groups -OCH3 is 2. The minimum atomic E-state index is -4.15. The van der Waals surface area contributed by atoms with Crippen LogP contribution in [-0.2, 0) is 32.6 Å². The largest absolute Gasteiger partial charge is 0.493 e. The number of ether oxygens (including phenoxy) is 3. The number of esters is 1. The first-order valence-corrected chi connectivity index (χ1v) is 16.5. The molecule has 1 atom stereocenters. The molecule has 3 aromatic carbocycles. The molecule has 0 aromatic heterocycles. The molecule has 0 aliphatic carbocycles. The van der Waals surface area contributed by atoms with Crippen molar-refractivity contribution in [2.75, 3.05) is 25.5 Å². The van der Waals surface area contributed by atoms with E-state index in [1.165, 1.54) is 41.8 Å². The number of carbonyl (C=O) groups is 1. The summed E-state index contributed by atoms with van der Waals surface area (Å²) in [6.07, 6.45) is 6.27. The number of piperidine rings is 1. The van der Waals surface area contributed by atoms with E-state index in [1.807, 2.05) is 36.4 Å². The molecule has 0 bridgehead atoms. The summed E-state index contributed by atoms with van der Waals surface area (Å²) < 4.78 is 47.7. The highest BCUT2D eigenvalue weighted by Gasteiger charge is 2.39. The van der Waals surface area contributed by atoms with Crippen LogP contribution in [0.25, 0.3) is 0 Å². The quantitative estimate of drug-likeness (QED) is 0.159. The SMILES string of the molecule is COc1cc(NS(=O)(=O)N2CCCC[C@H]2C(=O)OC(CCCc2ccccc2)CCCc2ccccc2)cc(ON)c1OC. The van der Waals surface area contributed by atoms with Gasteiger partial charge in [-0.05, 0) is 68.9 Å². The van der Waals surface area contributed by atoms with Gasteiger partial charge in [0.15, 0.2) is 11.5 Å². The molecule has 4 rings (SSSR count). The molecule has 1 aliphatic heterocycles. The van der Waals surface area contributed by atoms with E-state index >= 15 is 0 Å². The summed E-state index contributed by atoms with van der Waals surface area (Å²) in [4.78, 5) is 18.5. The van der Waals surface area contributed by atoms with Crippen molar-refractivity contribution in [2.45, 2.75) is 69.9 Å². The van der Waals surface area contributed by atoms with Crippen molar-refractivity contribution in [1.29, 1.82) is 0 Å². The van der Waals surface area contributed by atoms with Crippen LogP contribution < -0.4 is 24.9 Å². The lowest BCUT2D eigenvalue weighted by Crippen LogP contribution is -2.51. The van der Waals surface area contributed by atoms with Gasteiger partial charge in [-0.2, -0.15) is 18.6 Å². The van der Waals surface area contributed by atoms with E-state index < -0.39 is 22.2 Å². The molecule has 44 heavy (non-hydrogen) atoms. The summed E-state index contributed by atoms with van der Waals surface area (Å²) in [6.45, 7) is 0.190. The number of hydrogen-bond donors (Lipinski definition) is 2. The van der Waals surface area contributed by atoms with Gasteiger partial charge in [0, 0.05) is 18.7 Å². The van der Waals surface area contributed by atoms with Gasteiger partial charge in [0.1, 0.15) is 12.1 Å². The molecule has 0 radical (unpaired) electrons. The van der Waals surface area contributed by atoms with Crippen LogP contribution in [0.15, 0.2) is 72.8 Å². The Labute approximate surface area is 260 Å². The molecule has 1 fully saturated rings. The predicted molar refractivity (Wildman–Crippen MR) is 170 cm³/mol. The minimum absolute atomic E-state index is 0.0907. The van der Waals surface area contributed by atoms with Gasteiger partial charge in [-0.3, -0.25) is 9.52 Å². The number of hydrogen-bond acceptors (Lipinski definition) is 8. The molecule has 3 N–H and O–H groups in total. The van der Waals surface area contributed by atoms with Crippen LogP contribution in [0.5, 0.6) is 17.2 Å². The number of nitrogens with zero attached hydrogens (tertiary/aromatic N) is 1. The molecule has 1 aliphatic rings. The molecular formula is C33H43N3O7S. The highest BCUT2D eigenvalue weighted by Crippen LogP contribution is 2.40. The van der Waals surface area contributed by atoms with E-state index in [9.17, 15) is 13.2 Å². The van der Waals surface area contributed by atoms with Crippen molar-refractivity contribution < 1.29 is 32.3 Å². The molecule has 1 heterocycles. The van der Waals surface area contributed by atoms with E-state index in [0.29, 0.717) is 25.7 Å². The highest BCUT2D eigenvalue weighted by atomic mass is 32.2. The van der Waals surface area contributed by atoms with Gasteiger partial charge in [-0.25, -0.2) is 0 Å². The zero-order valence-corrected chi connectivity index (χ0v) is 26.3. The van der Waals surface area contributed by atoms with E-state index in [4.69, 9.17) is 24.9 Å². The van der Waals surface area contributed by atoms with Crippen molar-refractivity contribution in [2.24, 2.45) is 5.90 Å².